The standard InChI is InChI=1S/C5H11ClF2Si/c1-9(2,3)4-5(6,7)8/h4H2,1-3H3. The van der Waals surface area contributed by atoms with Crippen molar-refractivity contribution in [3.8, 4) is 0 Å². The second-order valence-corrected chi connectivity index (χ2v) is 9.38. The van der Waals surface area contributed by atoms with E-state index in [9.17, 15) is 8.78 Å². The third-order valence-corrected chi connectivity index (χ3v) is 2.59. The highest BCUT2D eigenvalue weighted by molar-refractivity contribution is 6.76. The molecule has 0 spiro atoms. The predicted molar refractivity (Wildman–Crippen MR) is 39.0 cm³/mol. The molecule has 0 N–H and O–H groups in total. The molecule has 0 saturated heterocycles. The average Bonchev–Trinajstić information content (AvgIpc) is 1.14. The summed E-state index contributed by atoms with van der Waals surface area (Å²) in [6.07, 6.45) is 0. The molecule has 0 unspecified atom stereocenters. The molecule has 0 bridgehead atoms. The lowest BCUT2D eigenvalue weighted by atomic mass is 10.8. The summed E-state index contributed by atoms with van der Waals surface area (Å²) < 4.78 is 24.0. The van der Waals surface area contributed by atoms with Gasteiger partial charge in [-0.15, -0.1) is 0 Å². The Morgan fingerprint density at radius 2 is 1.67 bits per heavy atom. The van der Waals surface area contributed by atoms with Crippen LogP contribution in [0.25, 0.3) is 0 Å². The zero-order valence-electron chi connectivity index (χ0n) is 5.84. The maximum absolute atomic E-state index is 12.0. The minimum atomic E-state index is -2.98. The second kappa shape index (κ2) is 2.54. The Bertz CT molecular complexity index is 80.1. The van der Waals surface area contributed by atoms with Crippen LogP contribution >= 0.6 is 11.6 Å². The van der Waals surface area contributed by atoms with Gasteiger partial charge in [-0.1, -0.05) is 19.6 Å². The molecule has 4 heteroatoms. The van der Waals surface area contributed by atoms with E-state index in [1.165, 1.54) is 0 Å². The van der Waals surface area contributed by atoms with E-state index in [1.807, 2.05) is 19.6 Å². The number of halogens is 3. The minimum absolute atomic E-state index is 0.137. The highest BCUT2D eigenvalue weighted by atomic mass is 35.5. The Morgan fingerprint density at radius 3 is 1.67 bits per heavy atom. The van der Waals surface area contributed by atoms with Crippen LogP contribution < -0.4 is 0 Å². The summed E-state index contributed by atoms with van der Waals surface area (Å²) in [7, 11) is -1.67. The molecule has 0 radical (unpaired) electrons. The zero-order chi connectivity index (χ0) is 7.71. The SMILES string of the molecule is C[Si](C)(C)CC(F)(F)Cl. The number of hydrogen-bond acceptors (Lipinski definition) is 0. The van der Waals surface area contributed by atoms with Crippen LogP contribution in [0.2, 0.25) is 25.7 Å². The molecule has 0 aromatic carbocycles. The van der Waals surface area contributed by atoms with Gasteiger partial charge in [0.2, 0.25) is 0 Å². The first-order chi connectivity index (χ1) is 3.71. The fourth-order valence-electron chi connectivity index (χ4n) is 0.601. The Balaban J connectivity index is 3.75. The van der Waals surface area contributed by atoms with Gasteiger partial charge in [0.1, 0.15) is 0 Å². The van der Waals surface area contributed by atoms with Gasteiger partial charge in [-0.25, -0.2) is 0 Å². The molecular weight excluding hydrogens is 162 g/mol. The van der Waals surface area contributed by atoms with Gasteiger partial charge in [-0.2, -0.15) is 8.78 Å². The molecule has 56 valence electrons. The van der Waals surface area contributed by atoms with Gasteiger partial charge < -0.3 is 0 Å². The van der Waals surface area contributed by atoms with Crippen LogP contribution in [0.3, 0.4) is 0 Å². The van der Waals surface area contributed by atoms with Gasteiger partial charge in [0.25, 0.3) is 0 Å². The average molecular weight is 173 g/mol. The van der Waals surface area contributed by atoms with Gasteiger partial charge in [-0.3, -0.25) is 0 Å². The number of hydrogen-bond donors (Lipinski definition) is 0. The van der Waals surface area contributed by atoms with Gasteiger partial charge in [0.05, 0.1) is 8.07 Å². The van der Waals surface area contributed by atoms with Gasteiger partial charge >= 0.3 is 5.38 Å². The highest BCUT2D eigenvalue weighted by Crippen LogP contribution is 2.29. The zero-order valence-corrected chi connectivity index (χ0v) is 7.60. The Kier molecular flexibility index (Phi) is 2.64. The van der Waals surface area contributed by atoms with Crippen LogP contribution in [-0.2, 0) is 0 Å². The summed E-state index contributed by atoms with van der Waals surface area (Å²) in [6.45, 7) is 5.59. The van der Waals surface area contributed by atoms with Crippen molar-refractivity contribution in [2.75, 3.05) is 0 Å². The Morgan fingerprint density at radius 1 is 1.33 bits per heavy atom. The maximum Gasteiger partial charge on any atom is 0.319 e. The lowest BCUT2D eigenvalue weighted by Gasteiger charge is -2.18. The van der Waals surface area contributed by atoms with Crippen LogP contribution in [0.4, 0.5) is 8.78 Å². The molecule has 0 nitrogen and oxygen atoms in total. The molecule has 0 heterocycles. The molecule has 0 rings (SSSR count). The van der Waals surface area contributed by atoms with Crippen LogP contribution in [-0.4, -0.2) is 13.5 Å². The smallest absolute Gasteiger partial charge is 0.189 e. The minimum Gasteiger partial charge on any atom is -0.189 e. The quantitative estimate of drug-likeness (QED) is 0.444. The third kappa shape index (κ3) is 8.37. The molecule has 0 aliphatic carbocycles. The summed E-state index contributed by atoms with van der Waals surface area (Å²) >= 11 is 4.72. The molecule has 0 saturated carbocycles. The maximum atomic E-state index is 12.0. The Labute approximate surface area is 60.2 Å². The summed E-state index contributed by atoms with van der Waals surface area (Å²) in [5.41, 5.74) is 0. The van der Waals surface area contributed by atoms with Crippen molar-refractivity contribution >= 4 is 19.7 Å². The van der Waals surface area contributed by atoms with E-state index in [-0.39, 0.29) is 6.04 Å². The summed E-state index contributed by atoms with van der Waals surface area (Å²) in [4.78, 5) is 0. The molecule has 0 aromatic rings. The summed E-state index contributed by atoms with van der Waals surface area (Å²) in [5, 5.41) is -2.98. The van der Waals surface area contributed by atoms with E-state index >= 15 is 0 Å². The van der Waals surface area contributed by atoms with E-state index in [4.69, 9.17) is 11.6 Å². The lowest BCUT2D eigenvalue weighted by Crippen LogP contribution is -2.27. The van der Waals surface area contributed by atoms with Crippen LogP contribution in [0.15, 0.2) is 0 Å². The monoisotopic (exact) mass is 172 g/mol. The first kappa shape index (κ1) is 9.37. The van der Waals surface area contributed by atoms with E-state index in [0.717, 1.165) is 0 Å². The van der Waals surface area contributed by atoms with Crippen molar-refractivity contribution in [3.05, 3.63) is 0 Å². The van der Waals surface area contributed by atoms with Crippen molar-refractivity contribution in [3.63, 3.8) is 0 Å². The first-order valence-corrected chi connectivity index (χ1v) is 6.86. The van der Waals surface area contributed by atoms with E-state index < -0.39 is 13.5 Å². The third-order valence-electron chi connectivity index (χ3n) is 0.731. The predicted octanol–water partition coefficient (Wildman–Crippen LogP) is 3.16. The first-order valence-electron chi connectivity index (χ1n) is 2.77. The van der Waals surface area contributed by atoms with Crippen molar-refractivity contribution in [1.82, 2.24) is 0 Å². The normalized spacial score (nSPS) is 14.0. The van der Waals surface area contributed by atoms with Gasteiger partial charge in [0.15, 0.2) is 0 Å². The molecule has 0 fully saturated rings. The molecule has 0 aromatic heterocycles. The van der Waals surface area contributed by atoms with Gasteiger partial charge in [-0.05, 0) is 11.6 Å². The highest BCUT2D eigenvalue weighted by Gasteiger charge is 2.32. The van der Waals surface area contributed by atoms with Crippen LogP contribution in [0, 0.1) is 0 Å². The molecular formula is C5H11ClF2Si. The van der Waals surface area contributed by atoms with E-state index in [1.54, 1.807) is 0 Å². The van der Waals surface area contributed by atoms with Crippen molar-refractivity contribution in [1.29, 1.82) is 0 Å². The van der Waals surface area contributed by atoms with E-state index in [0.29, 0.717) is 0 Å². The van der Waals surface area contributed by atoms with E-state index in [2.05, 4.69) is 0 Å². The lowest BCUT2D eigenvalue weighted by molar-refractivity contribution is 0.117. The number of alkyl halides is 3. The topological polar surface area (TPSA) is 0 Å². The second-order valence-electron chi connectivity index (χ2n) is 3.35. The van der Waals surface area contributed by atoms with Crippen molar-refractivity contribution in [2.45, 2.75) is 31.1 Å². The molecule has 0 amide bonds. The fourth-order valence-corrected chi connectivity index (χ4v) is 3.01. The van der Waals surface area contributed by atoms with Gasteiger partial charge in [0, 0.05) is 6.04 Å². The Hall–Kier alpha value is 0.367. The molecule has 0 aliphatic heterocycles. The molecule has 9 heavy (non-hydrogen) atoms. The molecule has 0 aliphatic rings. The largest absolute Gasteiger partial charge is 0.319 e. The van der Waals surface area contributed by atoms with Crippen LogP contribution in [0.1, 0.15) is 0 Å². The summed E-state index contributed by atoms with van der Waals surface area (Å²) in [5.74, 6) is 0. The van der Waals surface area contributed by atoms with Crippen molar-refractivity contribution in [2.24, 2.45) is 0 Å². The fraction of sp³-hybridized carbons (Fsp3) is 1.00. The number of rotatable bonds is 2. The van der Waals surface area contributed by atoms with Crippen LogP contribution in [0.5, 0.6) is 0 Å². The van der Waals surface area contributed by atoms with Crippen molar-refractivity contribution < 1.29 is 8.78 Å². The summed E-state index contributed by atoms with van der Waals surface area (Å²) in [6, 6.07) is -0.137. The molecule has 0 atom stereocenters.